The van der Waals surface area contributed by atoms with Crippen molar-refractivity contribution in [3.63, 3.8) is 0 Å². The number of ketones is 2. The van der Waals surface area contributed by atoms with Crippen LogP contribution in [0.2, 0.25) is 0 Å². The summed E-state index contributed by atoms with van der Waals surface area (Å²) in [5, 5.41) is 0. The van der Waals surface area contributed by atoms with Gasteiger partial charge in [-0.05, 0) is 33.6 Å². The fourth-order valence-electron chi connectivity index (χ4n) is 2.21. The second-order valence-electron chi connectivity index (χ2n) is 5.20. The first-order valence-corrected chi connectivity index (χ1v) is 7.15. The van der Waals surface area contributed by atoms with E-state index in [-0.39, 0.29) is 11.6 Å². The Hall–Kier alpha value is -1.44. The Morgan fingerprint density at radius 1 is 0.842 bits per heavy atom. The summed E-state index contributed by atoms with van der Waals surface area (Å²) in [5.74, 6) is 0.00198. The van der Waals surface area contributed by atoms with E-state index in [1.165, 1.54) is 19.3 Å². The van der Waals surface area contributed by atoms with E-state index < -0.39 is 0 Å². The number of hydrogen-bond donors (Lipinski definition) is 0. The zero-order chi connectivity index (χ0) is 14.4. The molecule has 0 radical (unpaired) electrons. The van der Waals surface area contributed by atoms with Crippen LogP contribution in [0.25, 0.3) is 0 Å². The maximum atomic E-state index is 12.1. The van der Waals surface area contributed by atoms with Gasteiger partial charge in [-0.15, -0.1) is 0 Å². The number of Topliss-reactive ketones (excluding diaryl/α,β-unsaturated/α-hetero) is 2. The maximum Gasteiger partial charge on any atom is 0.189 e. The van der Waals surface area contributed by atoms with Crippen LogP contribution in [0.1, 0.15) is 59.8 Å². The average Bonchev–Trinajstić information content (AvgIpc) is 2.41. The number of carbonyl (C=O) groups excluding carboxylic acids is 2. The van der Waals surface area contributed by atoms with Gasteiger partial charge in [-0.2, -0.15) is 0 Å². The summed E-state index contributed by atoms with van der Waals surface area (Å²) in [6.07, 6.45) is 9.68. The molecule has 1 aliphatic rings. The lowest BCUT2D eigenvalue weighted by atomic mass is 9.86. The number of carbonyl (C=O) groups is 2. The van der Waals surface area contributed by atoms with Gasteiger partial charge in [-0.3, -0.25) is 9.59 Å². The van der Waals surface area contributed by atoms with Crippen LogP contribution in [0.4, 0.5) is 0 Å². The molecule has 0 aromatic carbocycles. The van der Waals surface area contributed by atoms with Crippen LogP contribution in [-0.2, 0) is 9.59 Å². The molecule has 0 fully saturated rings. The van der Waals surface area contributed by atoms with Gasteiger partial charge < -0.3 is 0 Å². The van der Waals surface area contributed by atoms with Crippen molar-refractivity contribution in [2.45, 2.75) is 59.8 Å². The van der Waals surface area contributed by atoms with Gasteiger partial charge in [-0.1, -0.05) is 38.3 Å². The van der Waals surface area contributed by atoms with E-state index in [0.717, 1.165) is 12.8 Å². The molecule has 0 aromatic heterocycles. The van der Waals surface area contributed by atoms with Gasteiger partial charge in [-0.25, -0.2) is 0 Å². The summed E-state index contributed by atoms with van der Waals surface area (Å²) in [6, 6.07) is 0. The molecule has 0 bridgehead atoms. The van der Waals surface area contributed by atoms with E-state index in [2.05, 4.69) is 6.92 Å². The molecule has 1 rings (SSSR count). The lowest BCUT2D eigenvalue weighted by Crippen LogP contribution is -2.19. The number of allylic oxidation sites excluding steroid dienone is 6. The molecule has 0 N–H and O–H groups in total. The molecule has 1 aliphatic carbocycles. The molecule has 0 atom stereocenters. The van der Waals surface area contributed by atoms with Crippen LogP contribution < -0.4 is 0 Å². The first-order chi connectivity index (χ1) is 9.00. The highest BCUT2D eigenvalue weighted by Crippen LogP contribution is 2.25. The van der Waals surface area contributed by atoms with Gasteiger partial charge >= 0.3 is 0 Å². The zero-order valence-corrected chi connectivity index (χ0v) is 12.5. The SMILES string of the molecule is CCCCCC/C=C/C1=C(C)C(=O)C(C)=C(C)C1=O. The topological polar surface area (TPSA) is 34.1 Å². The summed E-state index contributed by atoms with van der Waals surface area (Å²) in [5.41, 5.74) is 2.32. The summed E-state index contributed by atoms with van der Waals surface area (Å²) < 4.78 is 0. The fraction of sp³-hybridized carbons (Fsp3) is 0.529. The highest BCUT2D eigenvalue weighted by atomic mass is 16.1. The number of unbranched alkanes of at least 4 members (excludes halogenated alkanes) is 4. The van der Waals surface area contributed by atoms with Crippen molar-refractivity contribution in [1.82, 2.24) is 0 Å². The smallest absolute Gasteiger partial charge is 0.189 e. The van der Waals surface area contributed by atoms with E-state index in [1.54, 1.807) is 20.8 Å². The third-order valence-corrected chi connectivity index (χ3v) is 3.74. The van der Waals surface area contributed by atoms with Crippen molar-refractivity contribution in [2.75, 3.05) is 0 Å². The minimum atomic E-state index is -0.000548. The molecule has 0 saturated heterocycles. The first kappa shape index (κ1) is 15.6. The molecule has 0 unspecified atom stereocenters. The van der Waals surface area contributed by atoms with Gasteiger partial charge in [0, 0.05) is 22.3 Å². The van der Waals surface area contributed by atoms with Crippen LogP contribution >= 0.6 is 0 Å². The monoisotopic (exact) mass is 260 g/mol. The standard InChI is InChI=1S/C17H24O2/c1-5-6-7-8-9-10-11-15-14(4)16(18)12(2)13(3)17(15)19/h10-11H,5-9H2,1-4H3/b11-10+. The van der Waals surface area contributed by atoms with Crippen LogP contribution in [-0.4, -0.2) is 11.6 Å². The molecule has 0 aliphatic heterocycles. The normalized spacial score (nSPS) is 17.1. The van der Waals surface area contributed by atoms with Crippen molar-refractivity contribution >= 4 is 11.6 Å². The van der Waals surface area contributed by atoms with Crippen molar-refractivity contribution < 1.29 is 9.59 Å². The van der Waals surface area contributed by atoms with Gasteiger partial charge in [0.2, 0.25) is 0 Å². The second-order valence-corrected chi connectivity index (χ2v) is 5.20. The van der Waals surface area contributed by atoms with Crippen LogP contribution in [0.3, 0.4) is 0 Å². The molecule has 0 amide bonds. The Morgan fingerprint density at radius 2 is 1.47 bits per heavy atom. The lowest BCUT2D eigenvalue weighted by Gasteiger charge is -2.16. The van der Waals surface area contributed by atoms with E-state index in [1.807, 2.05) is 12.2 Å². The quantitative estimate of drug-likeness (QED) is 0.526. The highest BCUT2D eigenvalue weighted by Gasteiger charge is 2.25. The van der Waals surface area contributed by atoms with E-state index >= 15 is 0 Å². The Balaban J connectivity index is 2.70. The van der Waals surface area contributed by atoms with Gasteiger partial charge in [0.15, 0.2) is 11.6 Å². The Morgan fingerprint density at radius 3 is 2.11 bits per heavy atom. The minimum absolute atomic E-state index is 0.000548. The van der Waals surface area contributed by atoms with Crippen LogP contribution in [0.5, 0.6) is 0 Å². The number of hydrogen-bond acceptors (Lipinski definition) is 2. The minimum Gasteiger partial charge on any atom is -0.289 e. The highest BCUT2D eigenvalue weighted by molar-refractivity contribution is 6.25. The Labute approximate surface area is 116 Å². The molecule has 2 heteroatoms. The third kappa shape index (κ3) is 3.76. The molecule has 0 aromatic rings. The van der Waals surface area contributed by atoms with Crippen molar-refractivity contribution in [2.24, 2.45) is 0 Å². The van der Waals surface area contributed by atoms with Gasteiger partial charge in [0.05, 0.1) is 0 Å². The van der Waals surface area contributed by atoms with E-state index in [9.17, 15) is 9.59 Å². The molecule has 0 spiro atoms. The van der Waals surface area contributed by atoms with E-state index in [0.29, 0.717) is 22.3 Å². The average molecular weight is 260 g/mol. The summed E-state index contributed by atoms with van der Waals surface area (Å²) in [4.78, 5) is 24.1. The van der Waals surface area contributed by atoms with Gasteiger partial charge in [0.25, 0.3) is 0 Å². The van der Waals surface area contributed by atoms with Crippen LogP contribution in [0.15, 0.2) is 34.4 Å². The van der Waals surface area contributed by atoms with E-state index in [4.69, 9.17) is 0 Å². The molecule has 0 heterocycles. The Bertz CT molecular complexity index is 462. The molecule has 104 valence electrons. The first-order valence-electron chi connectivity index (χ1n) is 7.15. The predicted octanol–water partition coefficient (Wildman–Crippen LogP) is 4.32. The maximum absolute atomic E-state index is 12.1. The largest absolute Gasteiger partial charge is 0.289 e. The molecular weight excluding hydrogens is 236 g/mol. The Kier molecular flexibility index (Phi) is 5.94. The molecule has 19 heavy (non-hydrogen) atoms. The third-order valence-electron chi connectivity index (χ3n) is 3.74. The molecule has 0 saturated carbocycles. The van der Waals surface area contributed by atoms with Gasteiger partial charge in [0.1, 0.15) is 0 Å². The summed E-state index contributed by atoms with van der Waals surface area (Å²) in [7, 11) is 0. The molecule has 2 nitrogen and oxygen atoms in total. The summed E-state index contributed by atoms with van der Waals surface area (Å²) >= 11 is 0. The van der Waals surface area contributed by atoms with Crippen molar-refractivity contribution in [1.29, 1.82) is 0 Å². The predicted molar refractivity (Wildman–Crippen MR) is 79.0 cm³/mol. The van der Waals surface area contributed by atoms with Crippen LogP contribution in [0, 0.1) is 0 Å². The fourth-order valence-corrected chi connectivity index (χ4v) is 2.21. The van der Waals surface area contributed by atoms with Crippen molar-refractivity contribution in [3.8, 4) is 0 Å². The van der Waals surface area contributed by atoms with Crippen molar-refractivity contribution in [3.05, 3.63) is 34.4 Å². The number of rotatable bonds is 6. The lowest BCUT2D eigenvalue weighted by molar-refractivity contribution is -0.116. The molecular formula is C17H24O2. The summed E-state index contributed by atoms with van der Waals surface area (Å²) in [6.45, 7) is 7.39. The second kappa shape index (κ2) is 7.22. The zero-order valence-electron chi connectivity index (χ0n) is 12.5.